The number of rotatable bonds is 4. The first-order valence-electron chi connectivity index (χ1n) is 4.85. The first-order valence-corrected chi connectivity index (χ1v) is 6.59. The Labute approximate surface area is 102 Å². The van der Waals surface area contributed by atoms with Crippen molar-refractivity contribution < 1.29 is 0 Å². The minimum absolute atomic E-state index is 0.984. The fourth-order valence-corrected chi connectivity index (χ4v) is 2.32. The molecule has 1 aromatic carbocycles. The highest BCUT2D eigenvalue weighted by Crippen LogP contribution is 2.14. The van der Waals surface area contributed by atoms with E-state index in [4.69, 9.17) is 0 Å². The van der Waals surface area contributed by atoms with Gasteiger partial charge in [0, 0.05) is 16.7 Å². The third-order valence-electron chi connectivity index (χ3n) is 2.17. The first kappa shape index (κ1) is 10.7. The summed E-state index contributed by atoms with van der Waals surface area (Å²) in [5.41, 5.74) is 2.58. The molecule has 1 N–H and O–H groups in total. The maximum Gasteiger partial charge on any atom is 0.0341 e. The van der Waals surface area contributed by atoms with E-state index in [0.29, 0.717) is 0 Å². The van der Waals surface area contributed by atoms with Crippen molar-refractivity contribution in [1.29, 1.82) is 0 Å². The van der Waals surface area contributed by atoms with Gasteiger partial charge in [0.05, 0.1) is 0 Å². The molecule has 15 heavy (non-hydrogen) atoms. The van der Waals surface area contributed by atoms with Gasteiger partial charge in [0.2, 0.25) is 0 Å². The SMILES string of the molecule is Brc1ccc(NCCc2ccsc2)cc1. The molecule has 0 fully saturated rings. The molecule has 2 aromatic rings. The molecule has 0 spiro atoms. The van der Waals surface area contributed by atoms with Crippen LogP contribution in [0.15, 0.2) is 45.6 Å². The Morgan fingerprint density at radius 3 is 2.60 bits per heavy atom. The molecule has 0 aliphatic carbocycles. The van der Waals surface area contributed by atoms with Gasteiger partial charge in [-0.1, -0.05) is 15.9 Å². The Balaban J connectivity index is 1.81. The van der Waals surface area contributed by atoms with Crippen LogP contribution >= 0.6 is 27.3 Å². The van der Waals surface area contributed by atoms with Gasteiger partial charge in [0.25, 0.3) is 0 Å². The highest BCUT2D eigenvalue weighted by atomic mass is 79.9. The molecule has 0 atom stereocenters. The van der Waals surface area contributed by atoms with Gasteiger partial charge in [-0.15, -0.1) is 0 Å². The normalized spacial score (nSPS) is 10.2. The van der Waals surface area contributed by atoms with Crippen molar-refractivity contribution in [2.75, 3.05) is 11.9 Å². The van der Waals surface area contributed by atoms with Gasteiger partial charge in [-0.3, -0.25) is 0 Å². The Kier molecular flexibility index (Phi) is 3.80. The van der Waals surface area contributed by atoms with E-state index in [1.165, 1.54) is 11.3 Å². The van der Waals surface area contributed by atoms with Crippen LogP contribution in [0.25, 0.3) is 0 Å². The van der Waals surface area contributed by atoms with Crippen LogP contribution in [0, 0.1) is 0 Å². The Morgan fingerprint density at radius 1 is 1.13 bits per heavy atom. The zero-order valence-corrected chi connectivity index (χ0v) is 10.6. The van der Waals surface area contributed by atoms with Crippen LogP contribution in [0.4, 0.5) is 5.69 Å². The average Bonchev–Trinajstić information content (AvgIpc) is 2.74. The zero-order chi connectivity index (χ0) is 10.5. The molecular formula is C12H12BrNS. The van der Waals surface area contributed by atoms with Crippen LogP contribution in [-0.2, 0) is 6.42 Å². The lowest BCUT2D eigenvalue weighted by atomic mass is 10.2. The van der Waals surface area contributed by atoms with Crippen molar-refractivity contribution in [2.24, 2.45) is 0 Å². The number of benzene rings is 1. The fraction of sp³-hybridized carbons (Fsp3) is 0.167. The van der Waals surface area contributed by atoms with Gasteiger partial charge in [-0.2, -0.15) is 11.3 Å². The Morgan fingerprint density at radius 2 is 1.93 bits per heavy atom. The molecule has 1 aromatic heterocycles. The first-order chi connectivity index (χ1) is 7.34. The Bertz CT molecular complexity index is 394. The molecule has 3 heteroatoms. The van der Waals surface area contributed by atoms with E-state index in [1.807, 2.05) is 12.1 Å². The summed E-state index contributed by atoms with van der Waals surface area (Å²) in [6, 6.07) is 10.4. The van der Waals surface area contributed by atoms with Gasteiger partial charge < -0.3 is 5.32 Å². The predicted octanol–water partition coefficient (Wildman–Crippen LogP) is 4.17. The maximum atomic E-state index is 3.42. The summed E-state index contributed by atoms with van der Waals surface area (Å²) in [6.45, 7) is 0.984. The second kappa shape index (κ2) is 5.33. The van der Waals surface area contributed by atoms with E-state index in [0.717, 1.165) is 17.4 Å². The lowest BCUT2D eigenvalue weighted by molar-refractivity contribution is 1.03. The van der Waals surface area contributed by atoms with E-state index in [-0.39, 0.29) is 0 Å². The van der Waals surface area contributed by atoms with Crippen LogP contribution in [0.2, 0.25) is 0 Å². The van der Waals surface area contributed by atoms with Crippen molar-refractivity contribution >= 4 is 33.0 Å². The van der Waals surface area contributed by atoms with E-state index >= 15 is 0 Å². The van der Waals surface area contributed by atoms with Crippen LogP contribution < -0.4 is 5.32 Å². The molecule has 0 aliphatic rings. The second-order valence-electron chi connectivity index (χ2n) is 3.32. The van der Waals surface area contributed by atoms with E-state index in [2.05, 4.69) is 50.2 Å². The minimum atomic E-state index is 0.984. The van der Waals surface area contributed by atoms with Crippen molar-refractivity contribution in [1.82, 2.24) is 0 Å². The minimum Gasteiger partial charge on any atom is -0.385 e. The van der Waals surface area contributed by atoms with E-state index in [1.54, 1.807) is 11.3 Å². The lowest BCUT2D eigenvalue weighted by Crippen LogP contribution is -2.03. The summed E-state index contributed by atoms with van der Waals surface area (Å²) in [5.74, 6) is 0. The molecule has 0 unspecified atom stereocenters. The third-order valence-corrected chi connectivity index (χ3v) is 3.43. The summed E-state index contributed by atoms with van der Waals surface area (Å²) in [4.78, 5) is 0. The van der Waals surface area contributed by atoms with E-state index in [9.17, 15) is 0 Å². The van der Waals surface area contributed by atoms with Crippen LogP contribution in [0.1, 0.15) is 5.56 Å². The van der Waals surface area contributed by atoms with E-state index < -0.39 is 0 Å². The van der Waals surface area contributed by atoms with Gasteiger partial charge in [0.1, 0.15) is 0 Å². The molecule has 2 rings (SSSR count). The molecule has 0 saturated carbocycles. The highest BCUT2D eigenvalue weighted by Gasteiger charge is 1.94. The van der Waals surface area contributed by atoms with Gasteiger partial charge in [-0.05, 0) is 53.1 Å². The molecule has 0 radical (unpaired) electrons. The molecule has 0 aliphatic heterocycles. The summed E-state index contributed by atoms with van der Waals surface area (Å²) >= 11 is 5.17. The monoisotopic (exact) mass is 281 g/mol. The molecule has 1 heterocycles. The number of halogens is 1. The van der Waals surface area contributed by atoms with Gasteiger partial charge >= 0.3 is 0 Å². The number of hydrogen-bond donors (Lipinski definition) is 1. The number of thiophene rings is 1. The van der Waals surface area contributed by atoms with Gasteiger partial charge in [-0.25, -0.2) is 0 Å². The predicted molar refractivity (Wildman–Crippen MR) is 70.7 cm³/mol. The summed E-state index contributed by atoms with van der Waals surface area (Å²) in [7, 11) is 0. The zero-order valence-electron chi connectivity index (χ0n) is 8.24. The second-order valence-corrected chi connectivity index (χ2v) is 5.01. The summed E-state index contributed by atoms with van der Waals surface area (Å²) in [5, 5.41) is 7.71. The summed E-state index contributed by atoms with van der Waals surface area (Å²) in [6.07, 6.45) is 1.08. The van der Waals surface area contributed by atoms with Crippen molar-refractivity contribution in [3.63, 3.8) is 0 Å². The topological polar surface area (TPSA) is 12.0 Å². The number of anilines is 1. The van der Waals surface area contributed by atoms with Crippen molar-refractivity contribution in [2.45, 2.75) is 6.42 Å². The largest absolute Gasteiger partial charge is 0.385 e. The van der Waals surface area contributed by atoms with Crippen molar-refractivity contribution in [3.05, 3.63) is 51.1 Å². The number of hydrogen-bond acceptors (Lipinski definition) is 2. The maximum absolute atomic E-state index is 3.42. The van der Waals surface area contributed by atoms with Crippen molar-refractivity contribution in [3.8, 4) is 0 Å². The fourth-order valence-electron chi connectivity index (χ4n) is 1.35. The van der Waals surface area contributed by atoms with Crippen LogP contribution in [0.5, 0.6) is 0 Å². The lowest BCUT2D eigenvalue weighted by Gasteiger charge is -2.05. The molecule has 0 saturated heterocycles. The smallest absolute Gasteiger partial charge is 0.0341 e. The molecule has 0 amide bonds. The quantitative estimate of drug-likeness (QED) is 0.887. The molecule has 78 valence electrons. The van der Waals surface area contributed by atoms with Crippen LogP contribution in [0.3, 0.4) is 0 Å². The summed E-state index contributed by atoms with van der Waals surface area (Å²) < 4.78 is 1.12. The highest BCUT2D eigenvalue weighted by molar-refractivity contribution is 9.10. The molecular weight excluding hydrogens is 270 g/mol. The van der Waals surface area contributed by atoms with Crippen LogP contribution in [-0.4, -0.2) is 6.54 Å². The standard InChI is InChI=1S/C12H12BrNS/c13-11-1-3-12(4-2-11)14-7-5-10-6-8-15-9-10/h1-4,6,8-9,14H,5,7H2. The average molecular weight is 282 g/mol. The Hall–Kier alpha value is -0.800. The molecule has 0 bridgehead atoms. The molecule has 1 nitrogen and oxygen atoms in total. The third kappa shape index (κ3) is 3.36. The number of nitrogens with one attached hydrogen (secondary N) is 1. The van der Waals surface area contributed by atoms with Gasteiger partial charge in [0.15, 0.2) is 0 Å².